The molecule has 0 saturated heterocycles. The lowest BCUT2D eigenvalue weighted by Crippen LogP contribution is -2.32. The molecule has 2 aromatic rings. The summed E-state index contributed by atoms with van der Waals surface area (Å²) in [5.74, 6) is 0.482. The maximum Gasteiger partial charge on any atom is 0.489 e. The zero-order valence-electron chi connectivity index (χ0n) is 10.1. The molecule has 0 spiro atoms. The van der Waals surface area contributed by atoms with E-state index >= 15 is 0 Å². The van der Waals surface area contributed by atoms with Crippen LogP contribution in [0.25, 0.3) is 0 Å². The Labute approximate surface area is 110 Å². The Kier molecular flexibility index (Phi) is 4.28. The van der Waals surface area contributed by atoms with Crippen LogP contribution in [0, 0.1) is 0 Å². The van der Waals surface area contributed by atoms with Gasteiger partial charge in [-0.05, 0) is 23.7 Å². The predicted octanol–water partition coefficient (Wildman–Crippen LogP) is 0.153. The monoisotopic (exact) mass is 257 g/mol. The minimum absolute atomic E-state index is 0.156. The van der Waals surface area contributed by atoms with Gasteiger partial charge >= 0.3 is 7.12 Å². The van der Waals surface area contributed by atoms with Gasteiger partial charge in [-0.15, -0.1) is 0 Å². The van der Waals surface area contributed by atoms with E-state index in [1.165, 1.54) is 12.1 Å². The second kappa shape index (κ2) is 6.13. The van der Waals surface area contributed by atoms with Crippen molar-refractivity contribution in [3.8, 4) is 5.75 Å². The van der Waals surface area contributed by atoms with Crippen molar-refractivity contribution in [1.82, 2.24) is 4.98 Å². The van der Waals surface area contributed by atoms with E-state index in [1.807, 2.05) is 6.07 Å². The summed E-state index contributed by atoms with van der Waals surface area (Å²) in [6, 6.07) is 8.18. The Morgan fingerprint density at radius 1 is 1.32 bits per heavy atom. The van der Waals surface area contributed by atoms with Gasteiger partial charge < -0.3 is 14.8 Å². The van der Waals surface area contributed by atoms with Crippen LogP contribution < -0.4 is 10.2 Å². The number of hydrogen-bond acceptors (Lipinski definition) is 5. The molecule has 0 aliphatic carbocycles. The quantitative estimate of drug-likeness (QED) is 0.588. The Bertz CT molecular complexity index is 560. The fourth-order valence-electron chi connectivity index (χ4n) is 1.63. The highest BCUT2D eigenvalue weighted by Gasteiger charge is 2.16. The van der Waals surface area contributed by atoms with Crippen molar-refractivity contribution in [2.24, 2.45) is 0 Å². The molecule has 0 radical (unpaired) electrons. The SMILES string of the molecule is O=Cc1cc(OCc2cccnc2)ccc1B(O)O. The zero-order valence-corrected chi connectivity index (χ0v) is 10.1. The van der Waals surface area contributed by atoms with E-state index in [9.17, 15) is 4.79 Å². The minimum Gasteiger partial charge on any atom is -0.489 e. The van der Waals surface area contributed by atoms with Gasteiger partial charge in [-0.25, -0.2) is 0 Å². The Hall–Kier alpha value is -2.18. The average Bonchev–Trinajstić information content (AvgIpc) is 2.45. The van der Waals surface area contributed by atoms with Crippen molar-refractivity contribution in [3.63, 3.8) is 0 Å². The van der Waals surface area contributed by atoms with Gasteiger partial charge in [-0.3, -0.25) is 9.78 Å². The molecule has 2 N–H and O–H groups in total. The number of pyridine rings is 1. The third-order valence-electron chi connectivity index (χ3n) is 2.59. The molecule has 0 saturated carbocycles. The van der Waals surface area contributed by atoms with Crippen molar-refractivity contribution >= 4 is 18.9 Å². The van der Waals surface area contributed by atoms with E-state index in [0.717, 1.165) is 5.56 Å². The normalized spacial score (nSPS) is 10.0. The second-order valence-electron chi connectivity index (χ2n) is 3.93. The van der Waals surface area contributed by atoms with Crippen molar-refractivity contribution in [3.05, 3.63) is 53.9 Å². The van der Waals surface area contributed by atoms with E-state index in [-0.39, 0.29) is 11.0 Å². The molecule has 6 heteroatoms. The molecule has 1 aromatic heterocycles. The first-order valence-corrected chi connectivity index (χ1v) is 5.67. The molecule has 0 aliphatic heterocycles. The highest BCUT2D eigenvalue weighted by atomic mass is 16.5. The number of carbonyl (C=O) groups is 1. The molecule has 5 nitrogen and oxygen atoms in total. The van der Waals surface area contributed by atoms with Crippen LogP contribution in [0.15, 0.2) is 42.7 Å². The molecule has 1 aromatic carbocycles. The van der Waals surface area contributed by atoms with Gasteiger partial charge in [-0.2, -0.15) is 0 Å². The lowest BCUT2D eigenvalue weighted by Gasteiger charge is -2.09. The van der Waals surface area contributed by atoms with Crippen LogP contribution in [0.4, 0.5) is 0 Å². The molecule has 96 valence electrons. The molecule has 0 aliphatic rings. The van der Waals surface area contributed by atoms with Gasteiger partial charge in [0.15, 0.2) is 0 Å². The molecule has 0 bridgehead atoms. The number of benzene rings is 1. The van der Waals surface area contributed by atoms with Crippen LogP contribution in [-0.4, -0.2) is 28.4 Å². The number of rotatable bonds is 5. The Morgan fingerprint density at radius 3 is 2.79 bits per heavy atom. The number of nitrogens with zero attached hydrogens (tertiary/aromatic N) is 1. The third kappa shape index (κ3) is 3.40. The molecule has 0 fully saturated rings. The summed E-state index contributed by atoms with van der Waals surface area (Å²) in [5.41, 5.74) is 1.25. The maximum atomic E-state index is 10.9. The molecular weight excluding hydrogens is 245 g/mol. The van der Waals surface area contributed by atoms with Gasteiger partial charge in [0.05, 0.1) is 0 Å². The summed E-state index contributed by atoms with van der Waals surface area (Å²) in [6.07, 6.45) is 3.92. The fraction of sp³-hybridized carbons (Fsp3) is 0.0769. The number of ether oxygens (including phenoxy) is 1. The van der Waals surface area contributed by atoms with E-state index in [0.29, 0.717) is 18.6 Å². The molecule has 0 amide bonds. The van der Waals surface area contributed by atoms with Gasteiger partial charge in [0, 0.05) is 23.5 Å². The summed E-state index contributed by atoms with van der Waals surface area (Å²) in [7, 11) is -1.67. The number of hydrogen-bond donors (Lipinski definition) is 2. The standard InChI is InChI=1S/C13H12BNO4/c16-8-11-6-12(3-4-13(11)14(17)18)19-9-10-2-1-5-15-7-10/h1-8,17-18H,9H2. The van der Waals surface area contributed by atoms with Crippen LogP contribution in [-0.2, 0) is 6.61 Å². The number of aldehydes is 1. The van der Waals surface area contributed by atoms with Gasteiger partial charge in [0.1, 0.15) is 18.6 Å². The molecule has 0 atom stereocenters. The minimum atomic E-state index is -1.67. The molecular formula is C13H12BNO4. The molecule has 19 heavy (non-hydrogen) atoms. The molecule has 0 unspecified atom stereocenters. The predicted molar refractivity (Wildman–Crippen MR) is 70.2 cm³/mol. The highest BCUT2D eigenvalue weighted by Crippen LogP contribution is 2.13. The van der Waals surface area contributed by atoms with Gasteiger partial charge in [-0.1, -0.05) is 12.1 Å². The van der Waals surface area contributed by atoms with Crippen molar-refractivity contribution in [2.75, 3.05) is 0 Å². The first kappa shape index (κ1) is 13.3. The lowest BCUT2D eigenvalue weighted by atomic mass is 9.77. The second-order valence-corrected chi connectivity index (χ2v) is 3.93. The summed E-state index contributed by atoms with van der Waals surface area (Å²) in [4.78, 5) is 14.8. The van der Waals surface area contributed by atoms with Crippen LogP contribution in [0.3, 0.4) is 0 Å². The maximum absolute atomic E-state index is 10.9. The number of carbonyl (C=O) groups excluding carboxylic acids is 1. The van der Waals surface area contributed by atoms with Crippen molar-refractivity contribution in [1.29, 1.82) is 0 Å². The first-order valence-electron chi connectivity index (χ1n) is 5.67. The summed E-state index contributed by atoms with van der Waals surface area (Å²) in [5, 5.41) is 18.2. The van der Waals surface area contributed by atoms with Crippen molar-refractivity contribution < 1.29 is 19.6 Å². The zero-order chi connectivity index (χ0) is 13.7. The van der Waals surface area contributed by atoms with Crippen LogP contribution in [0.2, 0.25) is 0 Å². The first-order chi connectivity index (χ1) is 9.20. The lowest BCUT2D eigenvalue weighted by molar-refractivity contribution is 0.112. The van der Waals surface area contributed by atoms with E-state index < -0.39 is 7.12 Å². The van der Waals surface area contributed by atoms with Gasteiger partial charge in [0.25, 0.3) is 0 Å². The summed E-state index contributed by atoms with van der Waals surface area (Å²) >= 11 is 0. The summed E-state index contributed by atoms with van der Waals surface area (Å²) in [6.45, 7) is 0.327. The van der Waals surface area contributed by atoms with E-state index in [1.54, 1.807) is 24.5 Å². The largest absolute Gasteiger partial charge is 0.489 e. The number of aromatic nitrogens is 1. The van der Waals surface area contributed by atoms with Crippen molar-refractivity contribution in [2.45, 2.75) is 6.61 Å². The summed E-state index contributed by atoms with van der Waals surface area (Å²) < 4.78 is 5.51. The highest BCUT2D eigenvalue weighted by molar-refractivity contribution is 6.60. The Balaban J connectivity index is 2.11. The molecule has 2 rings (SSSR count). The van der Waals surface area contributed by atoms with E-state index in [4.69, 9.17) is 14.8 Å². The van der Waals surface area contributed by atoms with Gasteiger partial charge in [0.2, 0.25) is 0 Å². The topological polar surface area (TPSA) is 79.7 Å². The Morgan fingerprint density at radius 2 is 2.16 bits per heavy atom. The van der Waals surface area contributed by atoms with E-state index in [2.05, 4.69) is 4.98 Å². The fourth-order valence-corrected chi connectivity index (χ4v) is 1.63. The molecule has 1 heterocycles. The third-order valence-corrected chi connectivity index (χ3v) is 2.59. The average molecular weight is 257 g/mol. The van der Waals surface area contributed by atoms with Crippen LogP contribution in [0.5, 0.6) is 5.75 Å². The van der Waals surface area contributed by atoms with Crippen LogP contribution in [0.1, 0.15) is 15.9 Å². The van der Waals surface area contributed by atoms with Crippen LogP contribution >= 0.6 is 0 Å². The smallest absolute Gasteiger partial charge is 0.489 e.